The van der Waals surface area contributed by atoms with E-state index in [-0.39, 0.29) is 12.5 Å². The van der Waals surface area contributed by atoms with Crippen molar-refractivity contribution in [2.45, 2.75) is 19.3 Å². The van der Waals surface area contributed by atoms with Gasteiger partial charge < -0.3 is 14.7 Å². The quantitative estimate of drug-likeness (QED) is 0.743. The Hall–Kier alpha value is -1.62. The Morgan fingerprint density at radius 3 is 2.89 bits per heavy atom. The number of rotatable bonds is 7. The lowest BCUT2D eigenvalue weighted by atomic mass is 10.2. The summed E-state index contributed by atoms with van der Waals surface area (Å²) in [7, 11) is 3.26. The van der Waals surface area contributed by atoms with Gasteiger partial charge in [0.2, 0.25) is 5.88 Å². The van der Waals surface area contributed by atoms with Crippen LogP contribution in [0.25, 0.3) is 0 Å². The molecule has 100 valence electrons. The molecule has 1 amide bonds. The maximum absolute atomic E-state index is 12.1. The largest absolute Gasteiger partial charge is 0.480 e. The Bertz CT molecular complexity index is 382. The SMILES string of the molecule is COc1ncccc1C(=O)N(C)CCCCCO. The third kappa shape index (κ3) is 4.00. The predicted molar refractivity (Wildman–Crippen MR) is 68.7 cm³/mol. The van der Waals surface area contributed by atoms with Gasteiger partial charge in [0, 0.05) is 26.4 Å². The Morgan fingerprint density at radius 1 is 1.44 bits per heavy atom. The van der Waals surface area contributed by atoms with E-state index in [2.05, 4.69) is 4.98 Å². The zero-order valence-electron chi connectivity index (χ0n) is 10.9. The molecule has 1 heterocycles. The maximum atomic E-state index is 12.1. The summed E-state index contributed by atoms with van der Waals surface area (Å²) < 4.78 is 5.07. The van der Waals surface area contributed by atoms with Crippen LogP contribution in [0.3, 0.4) is 0 Å². The van der Waals surface area contributed by atoms with Gasteiger partial charge in [-0.25, -0.2) is 4.98 Å². The van der Waals surface area contributed by atoms with Crippen molar-refractivity contribution >= 4 is 5.91 Å². The van der Waals surface area contributed by atoms with Crippen LogP contribution in [-0.4, -0.2) is 48.2 Å². The van der Waals surface area contributed by atoms with Crippen LogP contribution in [-0.2, 0) is 0 Å². The van der Waals surface area contributed by atoms with Crippen LogP contribution in [0.5, 0.6) is 5.88 Å². The van der Waals surface area contributed by atoms with E-state index in [4.69, 9.17) is 9.84 Å². The second kappa shape index (κ2) is 7.66. The van der Waals surface area contributed by atoms with Crippen LogP contribution in [0.2, 0.25) is 0 Å². The van der Waals surface area contributed by atoms with Crippen LogP contribution < -0.4 is 4.74 Å². The van der Waals surface area contributed by atoms with Gasteiger partial charge in [0.1, 0.15) is 5.56 Å². The highest BCUT2D eigenvalue weighted by atomic mass is 16.5. The van der Waals surface area contributed by atoms with Gasteiger partial charge in [0.15, 0.2) is 0 Å². The lowest BCUT2D eigenvalue weighted by Gasteiger charge is -2.17. The minimum Gasteiger partial charge on any atom is -0.480 e. The molecule has 1 rings (SSSR count). The monoisotopic (exact) mass is 252 g/mol. The predicted octanol–water partition coefficient (Wildman–Crippen LogP) is 1.32. The van der Waals surface area contributed by atoms with E-state index in [1.807, 2.05) is 0 Å². The molecule has 0 aliphatic carbocycles. The number of aliphatic hydroxyl groups is 1. The molecule has 0 unspecified atom stereocenters. The highest BCUT2D eigenvalue weighted by Gasteiger charge is 2.16. The van der Waals surface area contributed by atoms with Gasteiger partial charge in [-0.15, -0.1) is 0 Å². The summed E-state index contributed by atoms with van der Waals surface area (Å²) in [6.07, 6.45) is 4.17. The summed E-state index contributed by atoms with van der Waals surface area (Å²) >= 11 is 0. The zero-order chi connectivity index (χ0) is 13.4. The van der Waals surface area contributed by atoms with Crippen LogP contribution in [0.1, 0.15) is 29.6 Å². The highest BCUT2D eigenvalue weighted by Crippen LogP contribution is 2.15. The molecule has 1 N–H and O–H groups in total. The van der Waals surface area contributed by atoms with Crippen molar-refractivity contribution in [3.8, 4) is 5.88 Å². The van der Waals surface area contributed by atoms with E-state index < -0.39 is 0 Å². The number of unbranched alkanes of at least 4 members (excludes halogenated alkanes) is 2. The lowest BCUT2D eigenvalue weighted by Crippen LogP contribution is -2.28. The van der Waals surface area contributed by atoms with Gasteiger partial charge >= 0.3 is 0 Å². The van der Waals surface area contributed by atoms with Crippen molar-refractivity contribution in [3.05, 3.63) is 23.9 Å². The van der Waals surface area contributed by atoms with E-state index in [1.54, 1.807) is 30.3 Å². The lowest BCUT2D eigenvalue weighted by molar-refractivity contribution is 0.0788. The molecule has 0 aliphatic rings. The number of amides is 1. The number of aliphatic hydroxyl groups excluding tert-OH is 1. The fourth-order valence-corrected chi connectivity index (χ4v) is 1.66. The fourth-order valence-electron chi connectivity index (χ4n) is 1.66. The van der Waals surface area contributed by atoms with E-state index in [0.29, 0.717) is 18.0 Å². The molecule has 1 aromatic heterocycles. The topological polar surface area (TPSA) is 62.7 Å². The molecule has 0 saturated carbocycles. The number of hydrogen-bond acceptors (Lipinski definition) is 4. The first-order valence-corrected chi connectivity index (χ1v) is 6.06. The molecule has 0 saturated heterocycles. The molecule has 0 aliphatic heterocycles. The van der Waals surface area contributed by atoms with E-state index >= 15 is 0 Å². The molecule has 0 fully saturated rings. The van der Waals surface area contributed by atoms with Crippen LogP contribution in [0.15, 0.2) is 18.3 Å². The highest BCUT2D eigenvalue weighted by molar-refractivity contribution is 5.96. The number of pyridine rings is 1. The average molecular weight is 252 g/mol. The van der Waals surface area contributed by atoms with Gasteiger partial charge in [-0.3, -0.25) is 4.79 Å². The van der Waals surface area contributed by atoms with Crippen LogP contribution in [0, 0.1) is 0 Å². The minimum absolute atomic E-state index is 0.0936. The third-order valence-electron chi connectivity index (χ3n) is 2.69. The number of hydrogen-bond donors (Lipinski definition) is 1. The van der Waals surface area contributed by atoms with Crippen molar-refractivity contribution in [2.24, 2.45) is 0 Å². The van der Waals surface area contributed by atoms with Gasteiger partial charge in [-0.2, -0.15) is 0 Å². The first kappa shape index (κ1) is 14.4. The zero-order valence-corrected chi connectivity index (χ0v) is 10.9. The Morgan fingerprint density at radius 2 is 2.22 bits per heavy atom. The first-order chi connectivity index (χ1) is 8.70. The molecule has 5 nitrogen and oxygen atoms in total. The maximum Gasteiger partial charge on any atom is 0.259 e. The van der Waals surface area contributed by atoms with Crippen LogP contribution >= 0.6 is 0 Å². The Labute approximate surface area is 107 Å². The molecule has 0 radical (unpaired) electrons. The molecule has 5 heteroatoms. The summed E-state index contributed by atoms with van der Waals surface area (Å²) in [5.74, 6) is 0.258. The van der Waals surface area contributed by atoms with Crippen molar-refractivity contribution in [1.29, 1.82) is 0 Å². The Kier molecular flexibility index (Phi) is 6.14. The number of aromatic nitrogens is 1. The standard InChI is InChI=1S/C13H20N2O3/c1-15(9-4-3-5-10-16)13(17)11-7-6-8-14-12(11)18-2/h6-8,16H,3-5,9-10H2,1-2H3. The summed E-state index contributed by atoms with van der Waals surface area (Å²) in [6, 6.07) is 3.42. The summed E-state index contributed by atoms with van der Waals surface area (Å²) in [4.78, 5) is 17.8. The average Bonchev–Trinajstić information content (AvgIpc) is 2.42. The van der Waals surface area contributed by atoms with Gasteiger partial charge in [0.25, 0.3) is 5.91 Å². The van der Waals surface area contributed by atoms with Crippen molar-refractivity contribution in [2.75, 3.05) is 27.3 Å². The van der Waals surface area contributed by atoms with Crippen molar-refractivity contribution in [3.63, 3.8) is 0 Å². The molecule has 0 spiro atoms. The number of nitrogens with zero attached hydrogens (tertiary/aromatic N) is 2. The van der Waals surface area contributed by atoms with Gasteiger partial charge in [0.05, 0.1) is 7.11 Å². The smallest absolute Gasteiger partial charge is 0.259 e. The summed E-state index contributed by atoms with van der Waals surface area (Å²) in [5.41, 5.74) is 0.477. The number of carbonyl (C=O) groups excluding carboxylic acids is 1. The fraction of sp³-hybridized carbons (Fsp3) is 0.538. The van der Waals surface area contributed by atoms with E-state index in [9.17, 15) is 4.79 Å². The number of carbonyl (C=O) groups is 1. The second-order valence-corrected chi connectivity index (χ2v) is 4.07. The van der Waals surface area contributed by atoms with E-state index in [1.165, 1.54) is 7.11 Å². The van der Waals surface area contributed by atoms with Gasteiger partial charge in [-0.1, -0.05) is 0 Å². The third-order valence-corrected chi connectivity index (χ3v) is 2.69. The molecular formula is C13H20N2O3. The minimum atomic E-state index is -0.0936. The summed E-state index contributed by atoms with van der Waals surface area (Å²) in [5, 5.41) is 8.68. The molecule has 1 aromatic rings. The normalized spacial score (nSPS) is 10.2. The molecular weight excluding hydrogens is 232 g/mol. The number of ether oxygens (including phenoxy) is 1. The summed E-state index contributed by atoms with van der Waals surface area (Å²) in [6.45, 7) is 0.866. The molecule has 0 aromatic carbocycles. The Balaban J connectivity index is 2.57. The molecule has 0 bridgehead atoms. The molecule has 0 atom stereocenters. The second-order valence-electron chi connectivity index (χ2n) is 4.07. The van der Waals surface area contributed by atoms with Crippen molar-refractivity contribution < 1.29 is 14.6 Å². The number of methoxy groups -OCH3 is 1. The molecule has 18 heavy (non-hydrogen) atoms. The van der Waals surface area contributed by atoms with Crippen LogP contribution in [0.4, 0.5) is 0 Å². The van der Waals surface area contributed by atoms with Gasteiger partial charge in [-0.05, 0) is 31.4 Å². The van der Waals surface area contributed by atoms with E-state index in [0.717, 1.165) is 19.3 Å². The van der Waals surface area contributed by atoms with Crippen molar-refractivity contribution in [1.82, 2.24) is 9.88 Å². The first-order valence-electron chi connectivity index (χ1n) is 6.06.